The first-order valence-corrected chi connectivity index (χ1v) is 8.46. The summed E-state index contributed by atoms with van der Waals surface area (Å²) in [5, 5.41) is 3.00. The molecule has 1 aliphatic rings. The van der Waals surface area contributed by atoms with Crippen molar-refractivity contribution in [3.05, 3.63) is 24.3 Å². The molecule has 0 saturated carbocycles. The van der Waals surface area contributed by atoms with E-state index in [-0.39, 0.29) is 17.7 Å². The van der Waals surface area contributed by atoms with Crippen LogP contribution in [0.5, 0.6) is 0 Å². The van der Waals surface area contributed by atoms with Crippen LogP contribution in [0.4, 0.5) is 11.4 Å². The smallest absolute Gasteiger partial charge is 0.227 e. The van der Waals surface area contributed by atoms with Crippen molar-refractivity contribution in [2.75, 3.05) is 36.4 Å². The number of likely N-dealkylation sites (tertiary alicyclic amines) is 1. The second kappa shape index (κ2) is 7.99. The molecule has 2 rings (SSSR count). The van der Waals surface area contributed by atoms with Crippen molar-refractivity contribution in [2.24, 2.45) is 5.92 Å². The van der Waals surface area contributed by atoms with Crippen molar-refractivity contribution in [1.29, 1.82) is 0 Å². The van der Waals surface area contributed by atoms with Gasteiger partial charge < -0.3 is 15.1 Å². The van der Waals surface area contributed by atoms with Gasteiger partial charge in [0.15, 0.2) is 0 Å². The summed E-state index contributed by atoms with van der Waals surface area (Å²) < 4.78 is 0. The molecule has 1 aromatic carbocycles. The van der Waals surface area contributed by atoms with E-state index in [2.05, 4.69) is 24.1 Å². The van der Waals surface area contributed by atoms with Gasteiger partial charge in [0.05, 0.1) is 0 Å². The van der Waals surface area contributed by atoms with E-state index in [1.165, 1.54) is 5.69 Å². The molecule has 126 valence electrons. The van der Waals surface area contributed by atoms with Gasteiger partial charge in [-0.25, -0.2) is 0 Å². The van der Waals surface area contributed by atoms with Gasteiger partial charge in [-0.2, -0.15) is 0 Å². The standard InChI is InChI=1S/C18H27N3O2/c1-4-20(5-2)17-8-6-16(7-9-17)19-18(23)15-10-12-21(13-11-15)14(3)22/h6-9,15H,4-5,10-13H2,1-3H3,(H,19,23). The van der Waals surface area contributed by atoms with Crippen LogP contribution >= 0.6 is 0 Å². The molecule has 1 fully saturated rings. The first kappa shape index (κ1) is 17.3. The Labute approximate surface area is 138 Å². The van der Waals surface area contributed by atoms with Crippen LogP contribution in [-0.2, 0) is 9.59 Å². The molecule has 0 unspecified atom stereocenters. The lowest BCUT2D eigenvalue weighted by atomic mass is 9.96. The highest BCUT2D eigenvalue weighted by molar-refractivity contribution is 5.92. The highest BCUT2D eigenvalue weighted by atomic mass is 16.2. The van der Waals surface area contributed by atoms with E-state index < -0.39 is 0 Å². The van der Waals surface area contributed by atoms with Crippen molar-refractivity contribution in [3.63, 3.8) is 0 Å². The number of benzene rings is 1. The highest BCUT2D eigenvalue weighted by Crippen LogP contribution is 2.21. The van der Waals surface area contributed by atoms with Gasteiger partial charge in [-0.15, -0.1) is 0 Å². The molecule has 0 aromatic heterocycles. The summed E-state index contributed by atoms with van der Waals surface area (Å²) in [5.41, 5.74) is 2.00. The average Bonchev–Trinajstić information content (AvgIpc) is 2.57. The maximum absolute atomic E-state index is 12.4. The third-order valence-electron chi connectivity index (χ3n) is 4.57. The summed E-state index contributed by atoms with van der Waals surface area (Å²) in [4.78, 5) is 27.7. The molecule has 0 spiro atoms. The van der Waals surface area contributed by atoms with Crippen molar-refractivity contribution in [2.45, 2.75) is 33.6 Å². The van der Waals surface area contributed by atoms with Gasteiger partial charge in [0.25, 0.3) is 0 Å². The van der Waals surface area contributed by atoms with Gasteiger partial charge in [-0.05, 0) is 51.0 Å². The minimum Gasteiger partial charge on any atom is -0.372 e. The number of rotatable bonds is 5. The van der Waals surface area contributed by atoms with Crippen LogP contribution in [0.3, 0.4) is 0 Å². The van der Waals surface area contributed by atoms with Crippen LogP contribution in [-0.4, -0.2) is 42.9 Å². The number of hydrogen-bond acceptors (Lipinski definition) is 3. The summed E-state index contributed by atoms with van der Waals surface area (Å²) in [6.07, 6.45) is 1.48. The van der Waals surface area contributed by atoms with Gasteiger partial charge in [0.2, 0.25) is 11.8 Å². The van der Waals surface area contributed by atoms with E-state index in [9.17, 15) is 9.59 Å². The van der Waals surface area contributed by atoms with Gasteiger partial charge in [-0.1, -0.05) is 0 Å². The molecule has 1 aliphatic heterocycles. The molecule has 1 N–H and O–H groups in total. The van der Waals surface area contributed by atoms with Gasteiger partial charge in [0.1, 0.15) is 0 Å². The molecule has 5 heteroatoms. The second-order valence-electron chi connectivity index (χ2n) is 5.99. The van der Waals surface area contributed by atoms with Gasteiger partial charge in [-0.3, -0.25) is 9.59 Å². The largest absolute Gasteiger partial charge is 0.372 e. The number of nitrogens with zero attached hydrogens (tertiary/aromatic N) is 2. The summed E-state index contributed by atoms with van der Waals surface area (Å²) in [6, 6.07) is 7.99. The Morgan fingerprint density at radius 2 is 1.70 bits per heavy atom. The molecule has 2 amide bonds. The number of carbonyl (C=O) groups excluding carboxylic acids is 2. The quantitative estimate of drug-likeness (QED) is 0.908. The molecule has 1 aromatic rings. The number of nitrogens with one attached hydrogen (secondary N) is 1. The Morgan fingerprint density at radius 1 is 1.13 bits per heavy atom. The lowest BCUT2D eigenvalue weighted by molar-refractivity contribution is -0.132. The normalized spacial score (nSPS) is 15.3. The maximum atomic E-state index is 12.4. The number of carbonyl (C=O) groups is 2. The Kier molecular flexibility index (Phi) is 6.02. The van der Waals surface area contributed by atoms with Crippen LogP contribution in [0.1, 0.15) is 33.6 Å². The van der Waals surface area contributed by atoms with Crippen molar-refractivity contribution in [3.8, 4) is 0 Å². The molecule has 1 saturated heterocycles. The monoisotopic (exact) mass is 317 g/mol. The SMILES string of the molecule is CCN(CC)c1ccc(NC(=O)C2CCN(C(C)=O)CC2)cc1. The summed E-state index contributed by atoms with van der Waals surface area (Å²) in [6.45, 7) is 9.13. The number of piperidine rings is 1. The molecule has 0 aliphatic carbocycles. The van der Waals surface area contributed by atoms with Crippen LogP contribution in [0.15, 0.2) is 24.3 Å². The summed E-state index contributed by atoms with van der Waals surface area (Å²) in [7, 11) is 0. The molecule has 1 heterocycles. The molecular weight excluding hydrogens is 290 g/mol. The molecule has 0 radical (unpaired) electrons. The maximum Gasteiger partial charge on any atom is 0.227 e. The molecular formula is C18H27N3O2. The van der Waals surface area contributed by atoms with Crippen LogP contribution < -0.4 is 10.2 Å². The molecule has 0 atom stereocenters. The van der Waals surface area contributed by atoms with Gasteiger partial charge >= 0.3 is 0 Å². The molecule has 23 heavy (non-hydrogen) atoms. The topological polar surface area (TPSA) is 52.7 Å². The first-order valence-electron chi connectivity index (χ1n) is 8.46. The van der Waals surface area contributed by atoms with E-state index in [0.29, 0.717) is 13.1 Å². The van der Waals surface area contributed by atoms with Crippen molar-refractivity contribution >= 4 is 23.2 Å². The predicted molar refractivity (Wildman–Crippen MR) is 93.6 cm³/mol. The summed E-state index contributed by atoms with van der Waals surface area (Å²) >= 11 is 0. The minimum atomic E-state index is -0.00643. The number of amides is 2. The Balaban J connectivity index is 1.89. The molecule has 0 bridgehead atoms. The number of hydrogen-bond donors (Lipinski definition) is 1. The highest BCUT2D eigenvalue weighted by Gasteiger charge is 2.25. The van der Waals surface area contributed by atoms with Crippen LogP contribution in [0, 0.1) is 5.92 Å². The van der Waals surface area contributed by atoms with E-state index in [0.717, 1.165) is 31.6 Å². The van der Waals surface area contributed by atoms with Crippen LogP contribution in [0.25, 0.3) is 0 Å². The third kappa shape index (κ3) is 4.47. The Hall–Kier alpha value is -2.04. The zero-order valence-electron chi connectivity index (χ0n) is 14.3. The average molecular weight is 317 g/mol. The van der Waals surface area contributed by atoms with E-state index >= 15 is 0 Å². The predicted octanol–water partition coefficient (Wildman–Crippen LogP) is 2.73. The Bertz CT molecular complexity index is 530. The van der Waals surface area contributed by atoms with E-state index in [4.69, 9.17) is 0 Å². The van der Waals surface area contributed by atoms with E-state index in [1.807, 2.05) is 29.2 Å². The third-order valence-corrected chi connectivity index (χ3v) is 4.57. The van der Waals surface area contributed by atoms with E-state index in [1.54, 1.807) is 6.92 Å². The van der Waals surface area contributed by atoms with Crippen molar-refractivity contribution in [1.82, 2.24) is 4.90 Å². The fourth-order valence-corrected chi connectivity index (χ4v) is 3.05. The minimum absolute atomic E-state index is 0.00643. The summed E-state index contributed by atoms with van der Waals surface area (Å²) in [5.74, 6) is 0.146. The lowest BCUT2D eigenvalue weighted by Crippen LogP contribution is -2.40. The number of anilines is 2. The zero-order valence-corrected chi connectivity index (χ0v) is 14.3. The van der Waals surface area contributed by atoms with Crippen LogP contribution in [0.2, 0.25) is 0 Å². The fraction of sp³-hybridized carbons (Fsp3) is 0.556. The van der Waals surface area contributed by atoms with Gasteiger partial charge in [0, 0.05) is 50.4 Å². The van der Waals surface area contributed by atoms with Crippen molar-refractivity contribution < 1.29 is 9.59 Å². The zero-order chi connectivity index (χ0) is 16.8. The Morgan fingerprint density at radius 3 is 2.17 bits per heavy atom. The first-order chi connectivity index (χ1) is 11.0. The molecule has 5 nitrogen and oxygen atoms in total. The lowest BCUT2D eigenvalue weighted by Gasteiger charge is -2.30. The fourth-order valence-electron chi connectivity index (χ4n) is 3.05. The second-order valence-corrected chi connectivity index (χ2v) is 5.99.